The molecule has 2 aromatic rings. The minimum Gasteiger partial charge on any atom is -0.342 e. The van der Waals surface area contributed by atoms with Crippen LogP contribution in [0.1, 0.15) is 68.3 Å². The third-order valence-electron chi connectivity index (χ3n) is 8.41. The van der Waals surface area contributed by atoms with Crippen molar-refractivity contribution in [3.8, 4) is 0 Å². The number of likely N-dealkylation sites (tertiary alicyclic amines) is 1. The van der Waals surface area contributed by atoms with Crippen LogP contribution in [0.5, 0.6) is 0 Å². The number of aromatic nitrogens is 3. The maximum Gasteiger partial charge on any atom is 0.277 e. The summed E-state index contributed by atoms with van der Waals surface area (Å²) in [6, 6.07) is 2.00. The van der Waals surface area contributed by atoms with Crippen molar-refractivity contribution in [2.75, 3.05) is 19.6 Å². The van der Waals surface area contributed by atoms with E-state index in [0.717, 1.165) is 37.3 Å². The zero-order valence-corrected chi connectivity index (χ0v) is 18.7. The Labute approximate surface area is 187 Å². The summed E-state index contributed by atoms with van der Waals surface area (Å²) < 4.78 is 1.53. The number of H-pyrrole nitrogens is 1. The molecule has 2 atom stereocenters. The maximum atomic E-state index is 13.1. The van der Waals surface area contributed by atoms with E-state index in [4.69, 9.17) is 4.98 Å². The van der Waals surface area contributed by atoms with Crippen LogP contribution in [-0.4, -0.2) is 55.8 Å². The van der Waals surface area contributed by atoms with Crippen LogP contribution in [0, 0.1) is 17.8 Å². The molecule has 2 aliphatic heterocycles. The molecule has 3 fully saturated rings. The molecule has 0 aromatic carbocycles. The van der Waals surface area contributed by atoms with Gasteiger partial charge in [-0.15, -0.1) is 0 Å². The van der Waals surface area contributed by atoms with E-state index in [9.17, 15) is 14.4 Å². The van der Waals surface area contributed by atoms with Crippen molar-refractivity contribution in [1.82, 2.24) is 24.4 Å². The number of hydrogen-bond donors (Lipinski definition) is 1. The molecule has 0 spiro atoms. The summed E-state index contributed by atoms with van der Waals surface area (Å²) in [6.07, 6.45) is 7.49. The number of nitrogens with one attached hydrogen (secondary N) is 1. The van der Waals surface area contributed by atoms with Crippen molar-refractivity contribution in [3.63, 3.8) is 0 Å². The van der Waals surface area contributed by atoms with Gasteiger partial charge in [0.1, 0.15) is 0 Å². The lowest BCUT2D eigenvalue weighted by atomic mass is 9.93. The van der Waals surface area contributed by atoms with Gasteiger partial charge in [0.15, 0.2) is 5.65 Å². The molecule has 4 aliphatic rings. The number of carbonyl (C=O) groups excluding carboxylic acids is 2. The lowest BCUT2D eigenvalue weighted by Gasteiger charge is -2.32. The molecule has 8 heteroatoms. The number of piperidine rings is 1. The van der Waals surface area contributed by atoms with E-state index in [1.165, 1.54) is 37.1 Å². The van der Waals surface area contributed by atoms with Gasteiger partial charge < -0.3 is 9.80 Å². The molecule has 170 valence electrons. The summed E-state index contributed by atoms with van der Waals surface area (Å²) in [7, 11) is 0. The molecule has 8 nitrogen and oxygen atoms in total. The molecule has 4 heterocycles. The van der Waals surface area contributed by atoms with Crippen LogP contribution >= 0.6 is 0 Å². The number of aromatic amines is 1. The van der Waals surface area contributed by atoms with Crippen LogP contribution in [0.25, 0.3) is 5.65 Å². The lowest BCUT2D eigenvalue weighted by molar-refractivity contribution is -0.134. The minimum absolute atomic E-state index is 0.0147. The Morgan fingerprint density at radius 2 is 1.75 bits per heavy atom. The van der Waals surface area contributed by atoms with Crippen molar-refractivity contribution in [2.45, 2.75) is 64.3 Å². The van der Waals surface area contributed by atoms with Crippen molar-refractivity contribution < 1.29 is 9.59 Å². The first kappa shape index (κ1) is 20.0. The molecule has 0 unspecified atom stereocenters. The second kappa shape index (κ2) is 7.46. The second-order valence-corrected chi connectivity index (χ2v) is 10.2. The van der Waals surface area contributed by atoms with Gasteiger partial charge in [0, 0.05) is 56.6 Å². The summed E-state index contributed by atoms with van der Waals surface area (Å²) >= 11 is 0. The first-order valence-corrected chi connectivity index (χ1v) is 12.2. The maximum absolute atomic E-state index is 13.1. The third-order valence-corrected chi connectivity index (χ3v) is 8.41. The first-order valence-electron chi connectivity index (χ1n) is 12.2. The van der Waals surface area contributed by atoms with E-state index in [1.54, 1.807) is 4.90 Å². The highest BCUT2D eigenvalue weighted by molar-refractivity contribution is 5.82. The van der Waals surface area contributed by atoms with E-state index in [2.05, 4.69) is 10.00 Å². The van der Waals surface area contributed by atoms with E-state index < -0.39 is 0 Å². The van der Waals surface area contributed by atoms with Crippen molar-refractivity contribution in [2.24, 2.45) is 17.8 Å². The highest BCUT2D eigenvalue weighted by Gasteiger charge is 2.55. The fourth-order valence-electron chi connectivity index (χ4n) is 6.46. The smallest absolute Gasteiger partial charge is 0.277 e. The van der Waals surface area contributed by atoms with Gasteiger partial charge in [-0.25, -0.2) is 9.50 Å². The van der Waals surface area contributed by atoms with Gasteiger partial charge in [-0.05, 0) is 37.5 Å². The molecule has 6 rings (SSSR count). The molecule has 2 aromatic heterocycles. The van der Waals surface area contributed by atoms with Crippen molar-refractivity contribution >= 4 is 17.5 Å². The fourth-order valence-corrected chi connectivity index (χ4v) is 6.46. The molecule has 2 aliphatic carbocycles. The van der Waals surface area contributed by atoms with E-state index >= 15 is 0 Å². The summed E-state index contributed by atoms with van der Waals surface area (Å²) in [5, 5.41) is 3.28. The molecule has 1 N–H and O–H groups in total. The molecule has 0 bridgehead atoms. The molecule has 32 heavy (non-hydrogen) atoms. The quantitative estimate of drug-likeness (QED) is 0.779. The van der Waals surface area contributed by atoms with Gasteiger partial charge in [0.25, 0.3) is 5.56 Å². The lowest BCUT2D eigenvalue weighted by Crippen LogP contribution is -2.39. The number of rotatable bonds is 2. The van der Waals surface area contributed by atoms with Gasteiger partial charge >= 0.3 is 0 Å². The molecule has 1 saturated heterocycles. The Morgan fingerprint density at radius 1 is 1.03 bits per heavy atom. The third kappa shape index (κ3) is 3.18. The Bertz CT molecular complexity index is 1130. The number of fused-ring (bicyclic) bond motifs is 3. The van der Waals surface area contributed by atoms with Crippen LogP contribution in [-0.2, 0) is 22.6 Å². The van der Waals surface area contributed by atoms with E-state index in [0.29, 0.717) is 60.3 Å². The van der Waals surface area contributed by atoms with E-state index in [-0.39, 0.29) is 11.5 Å². The number of amides is 2. The zero-order valence-electron chi connectivity index (χ0n) is 18.7. The van der Waals surface area contributed by atoms with Gasteiger partial charge in [0.2, 0.25) is 11.8 Å². The zero-order chi connectivity index (χ0) is 22.0. The van der Waals surface area contributed by atoms with Gasteiger partial charge in [-0.3, -0.25) is 19.5 Å². The Balaban J connectivity index is 1.17. The predicted molar refractivity (Wildman–Crippen MR) is 118 cm³/mol. The molecule has 0 radical (unpaired) electrons. The standard InChI is InChI=1S/C24H31N5O3/c1-14(30)28-11-8-19-18(13-28)23(31)29-21(25-19)12-20(26-29)15-6-9-27(10-7-15)24(32)22-16-4-2-3-5-17(16)22/h12,15-17,22,26H,2-11,13H2,1H3/t16-,17-/m0/s1. The van der Waals surface area contributed by atoms with E-state index in [1.807, 2.05) is 6.07 Å². The fraction of sp³-hybridized carbons (Fsp3) is 0.667. The second-order valence-electron chi connectivity index (χ2n) is 10.2. The van der Waals surface area contributed by atoms with Crippen molar-refractivity contribution in [3.05, 3.63) is 33.4 Å². The minimum atomic E-state index is -0.105. The highest BCUT2D eigenvalue weighted by Crippen LogP contribution is 2.56. The largest absolute Gasteiger partial charge is 0.342 e. The highest BCUT2D eigenvalue weighted by atomic mass is 16.2. The summed E-state index contributed by atoms with van der Waals surface area (Å²) in [5.41, 5.74) is 2.99. The van der Waals surface area contributed by atoms with Gasteiger partial charge in [-0.2, -0.15) is 0 Å². The van der Waals surface area contributed by atoms with Crippen LogP contribution in [0.15, 0.2) is 10.9 Å². The molecular formula is C24H31N5O3. The van der Waals surface area contributed by atoms with Crippen LogP contribution in [0.3, 0.4) is 0 Å². The number of carbonyl (C=O) groups is 2. The molecule has 2 saturated carbocycles. The predicted octanol–water partition coefficient (Wildman–Crippen LogP) is 2.07. The Kier molecular flexibility index (Phi) is 4.66. The molecular weight excluding hydrogens is 406 g/mol. The average Bonchev–Trinajstić information content (AvgIpc) is 3.39. The topological polar surface area (TPSA) is 90.8 Å². The summed E-state index contributed by atoms with van der Waals surface area (Å²) in [6.45, 7) is 4.06. The Morgan fingerprint density at radius 3 is 2.44 bits per heavy atom. The van der Waals surface area contributed by atoms with Crippen LogP contribution in [0.2, 0.25) is 0 Å². The number of nitrogens with zero attached hydrogens (tertiary/aromatic N) is 4. The molecule has 2 amide bonds. The Hall–Kier alpha value is -2.64. The normalized spacial score (nSPS) is 27.8. The average molecular weight is 438 g/mol. The summed E-state index contributed by atoms with van der Waals surface area (Å²) in [5.74, 6) is 2.28. The van der Waals surface area contributed by atoms with Gasteiger partial charge in [-0.1, -0.05) is 12.8 Å². The SMILES string of the molecule is CC(=O)N1CCc2nc3cc(C4CCN(C(=O)C5[C@H]6CCCC[C@H]56)CC4)[nH]n3c(=O)c2C1. The van der Waals surface area contributed by atoms with Crippen LogP contribution in [0.4, 0.5) is 0 Å². The van der Waals surface area contributed by atoms with Crippen LogP contribution < -0.4 is 5.56 Å². The monoisotopic (exact) mass is 437 g/mol. The first-order chi connectivity index (χ1) is 15.5. The van der Waals surface area contributed by atoms with Crippen molar-refractivity contribution in [1.29, 1.82) is 0 Å². The van der Waals surface area contributed by atoms with Gasteiger partial charge in [0.05, 0.1) is 17.8 Å². The summed E-state index contributed by atoms with van der Waals surface area (Å²) in [4.78, 5) is 46.4. The number of hydrogen-bond acceptors (Lipinski definition) is 4.